The lowest BCUT2D eigenvalue weighted by atomic mass is 10.2. The van der Waals surface area contributed by atoms with Gasteiger partial charge in [-0.05, 0) is 39.5 Å². The van der Waals surface area contributed by atoms with Crippen LogP contribution >= 0.6 is 0 Å². The van der Waals surface area contributed by atoms with Crippen LogP contribution in [0.5, 0.6) is 0 Å². The van der Waals surface area contributed by atoms with Crippen molar-refractivity contribution in [2.45, 2.75) is 64.5 Å². The molecule has 0 unspecified atom stereocenters. The van der Waals surface area contributed by atoms with Gasteiger partial charge in [0.25, 0.3) is 0 Å². The lowest BCUT2D eigenvalue weighted by molar-refractivity contribution is 0.204. The fourth-order valence-corrected chi connectivity index (χ4v) is 3.99. The second kappa shape index (κ2) is 6.50. The van der Waals surface area contributed by atoms with Crippen molar-refractivity contribution in [3.63, 3.8) is 0 Å². The van der Waals surface area contributed by atoms with Crippen molar-refractivity contribution in [3.05, 3.63) is 23.4 Å². The largest absolute Gasteiger partial charge is 0.323 e. The molecule has 4 rings (SSSR count). The number of hydrogen-bond acceptors (Lipinski definition) is 4. The number of nitrogens with one attached hydrogen (secondary N) is 2. The Labute approximate surface area is 147 Å². The number of aryl methyl sites for hydroxylation is 2. The minimum Gasteiger partial charge on any atom is -0.314 e. The molecule has 0 spiro atoms. The van der Waals surface area contributed by atoms with Crippen LogP contribution in [0.25, 0.3) is 0 Å². The fraction of sp³-hybridized carbons (Fsp3) is 0.647. The number of urea groups is 1. The third kappa shape index (κ3) is 3.01. The average molecular weight is 343 g/mol. The Bertz CT molecular complexity index is 759. The van der Waals surface area contributed by atoms with E-state index in [9.17, 15) is 4.79 Å². The Morgan fingerprint density at radius 3 is 2.76 bits per heavy atom. The van der Waals surface area contributed by atoms with Gasteiger partial charge in [0, 0.05) is 12.1 Å². The Balaban J connectivity index is 1.53. The van der Waals surface area contributed by atoms with E-state index in [1.54, 1.807) is 0 Å². The van der Waals surface area contributed by atoms with E-state index in [2.05, 4.69) is 25.6 Å². The number of carbonyl (C=O) groups is 1. The molecule has 2 aromatic rings. The molecule has 1 saturated carbocycles. The number of hydrogen-bond donors (Lipinski definition) is 2. The minimum absolute atomic E-state index is 0.0619. The highest BCUT2D eigenvalue weighted by atomic mass is 16.2. The Morgan fingerprint density at radius 2 is 2.04 bits per heavy atom. The van der Waals surface area contributed by atoms with E-state index >= 15 is 0 Å². The maximum Gasteiger partial charge on any atom is 0.323 e. The summed E-state index contributed by atoms with van der Waals surface area (Å²) in [5.74, 6) is 2.30. The smallest absolute Gasteiger partial charge is 0.314 e. The molecule has 0 bridgehead atoms. The molecule has 8 nitrogen and oxygen atoms in total. The van der Waals surface area contributed by atoms with Gasteiger partial charge in [-0.2, -0.15) is 10.2 Å². The third-order valence-corrected chi connectivity index (χ3v) is 5.30. The van der Waals surface area contributed by atoms with Crippen molar-refractivity contribution >= 4 is 11.8 Å². The van der Waals surface area contributed by atoms with Gasteiger partial charge in [0.1, 0.15) is 11.6 Å². The van der Waals surface area contributed by atoms with Crippen LogP contribution in [-0.2, 0) is 0 Å². The topological polar surface area (TPSA) is 91.7 Å². The number of aromatic nitrogens is 5. The molecule has 2 amide bonds. The van der Waals surface area contributed by atoms with E-state index in [-0.39, 0.29) is 12.1 Å². The molecule has 1 aliphatic carbocycles. The first-order valence-electron chi connectivity index (χ1n) is 9.14. The number of rotatable bonds is 3. The van der Waals surface area contributed by atoms with Crippen LogP contribution in [0.1, 0.15) is 67.8 Å². The maximum atomic E-state index is 12.9. The molecular formula is C17H25N7O. The predicted octanol–water partition coefficient (Wildman–Crippen LogP) is 3.10. The second-order valence-corrected chi connectivity index (χ2v) is 7.12. The summed E-state index contributed by atoms with van der Waals surface area (Å²) in [5, 5.41) is 14.7. The molecule has 3 heterocycles. The van der Waals surface area contributed by atoms with Gasteiger partial charge in [0.05, 0.1) is 18.3 Å². The van der Waals surface area contributed by atoms with Crippen molar-refractivity contribution in [1.82, 2.24) is 29.9 Å². The quantitative estimate of drug-likeness (QED) is 0.896. The zero-order chi connectivity index (χ0) is 17.4. The molecule has 2 aliphatic rings. The lowest BCUT2D eigenvalue weighted by Crippen LogP contribution is -2.35. The third-order valence-electron chi connectivity index (χ3n) is 5.30. The van der Waals surface area contributed by atoms with Crippen LogP contribution in [0.4, 0.5) is 10.6 Å². The molecule has 2 fully saturated rings. The number of likely N-dealkylation sites (tertiary alicyclic amines) is 1. The fourth-order valence-electron chi connectivity index (χ4n) is 3.99. The number of H-pyrrole nitrogens is 1. The maximum absolute atomic E-state index is 12.9. The van der Waals surface area contributed by atoms with Crippen LogP contribution in [0.2, 0.25) is 0 Å². The lowest BCUT2D eigenvalue weighted by Gasteiger charge is -2.24. The minimum atomic E-state index is -0.0900. The molecule has 0 aromatic carbocycles. The van der Waals surface area contributed by atoms with E-state index in [4.69, 9.17) is 0 Å². The average Bonchev–Trinajstić information content (AvgIpc) is 3.34. The first-order chi connectivity index (χ1) is 12.1. The van der Waals surface area contributed by atoms with Crippen LogP contribution < -0.4 is 5.32 Å². The highest BCUT2D eigenvalue weighted by molar-refractivity contribution is 5.89. The SMILES string of the molecule is Cc1nc([C@H]2CCCN2C(=O)Nc2c(C)cnn2C2CCCC2)n[nH]1. The van der Waals surface area contributed by atoms with Gasteiger partial charge in [-0.1, -0.05) is 12.8 Å². The Hall–Kier alpha value is -2.38. The van der Waals surface area contributed by atoms with Crippen LogP contribution in [-0.4, -0.2) is 42.4 Å². The van der Waals surface area contributed by atoms with E-state index in [1.165, 1.54) is 12.8 Å². The molecule has 1 saturated heterocycles. The number of nitrogens with zero attached hydrogens (tertiary/aromatic N) is 5. The summed E-state index contributed by atoms with van der Waals surface area (Å²) in [6, 6.07) is 0.245. The van der Waals surface area contributed by atoms with Crippen molar-refractivity contribution < 1.29 is 4.79 Å². The van der Waals surface area contributed by atoms with E-state index in [0.717, 1.165) is 49.4 Å². The molecule has 134 valence electrons. The first kappa shape index (κ1) is 16.1. The number of carbonyl (C=O) groups excluding carboxylic acids is 1. The normalized spacial score (nSPS) is 21.2. The first-order valence-corrected chi connectivity index (χ1v) is 9.14. The van der Waals surface area contributed by atoms with Gasteiger partial charge < -0.3 is 4.90 Å². The van der Waals surface area contributed by atoms with Crippen LogP contribution in [0, 0.1) is 13.8 Å². The van der Waals surface area contributed by atoms with Gasteiger partial charge in [0.2, 0.25) is 0 Å². The summed E-state index contributed by atoms with van der Waals surface area (Å²) < 4.78 is 2.00. The van der Waals surface area contributed by atoms with Gasteiger partial charge >= 0.3 is 6.03 Å². The summed E-state index contributed by atoms with van der Waals surface area (Å²) in [5.41, 5.74) is 1.00. The predicted molar refractivity (Wildman–Crippen MR) is 93.3 cm³/mol. The molecule has 25 heavy (non-hydrogen) atoms. The molecule has 0 radical (unpaired) electrons. The van der Waals surface area contributed by atoms with Gasteiger partial charge in [-0.3, -0.25) is 10.4 Å². The van der Waals surface area contributed by atoms with E-state index < -0.39 is 0 Å². The monoisotopic (exact) mass is 343 g/mol. The summed E-state index contributed by atoms with van der Waals surface area (Å²) in [6.45, 7) is 4.59. The molecule has 1 aliphatic heterocycles. The van der Waals surface area contributed by atoms with Gasteiger partial charge in [-0.25, -0.2) is 14.5 Å². The van der Waals surface area contributed by atoms with Crippen LogP contribution in [0.15, 0.2) is 6.20 Å². The number of anilines is 1. The van der Waals surface area contributed by atoms with Crippen molar-refractivity contribution in [1.29, 1.82) is 0 Å². The highest BCUT2D eigenvalue weighted by Gasteiger charge is 2.33. The molecule has 1 atom stereocenters. The molecule has 2 aromatic heterocycles. The van der Waals surface area contributed by atoms with E-state index in [0.29, 0.717) is 11.9 Å². The van der Waals surface area contributed by atoms with E-state index in [1.807, 2.05) is 29.6 Å². The van der Waals surface area contributed by atoms with Gasteiger partial charge in [-0.15, -0.1) is 0 Å². The number of aromatic amines is 1. The standard InChI is InChI=1S/C17H25N7O/c1-11-10-18-24(13-6-3-4-7-13)16(11)20-17(25)23-9-5-8-14(23)15-19-12(2)21-22-15/h10,13-14H,3-9H2,1-2H3,(H,20,25)(H,19,21,22)/t14-/m1/s1. The molecule has 2 N–H and O–H groups in total. The van der Waals surface area contributed by atoms with Crippen LogP contribution in [0.3, 0.4) is 0 Å². The second-order valence-electron chi connectivity index (χ2n) is 7.12. The summed E-state index contributed by atoms with van der Waals surface area (Å²) >= 11 is 0. The van der Waals surface area contributed by atoms with Crippen molar-refractivity contribution in [2.75, 3.05) is 11.9 Å². The Morgan fingerprint density at radius 1 is 1.24 bits per heavy atom. The summed E-state index contributed by atoms with van der Waals surface area (Å²) in [4.78, 5) is 19.2. The van der Waals surface area contributed by atoms with Crippen molar-refractivity contribution in [3.8, 4) is 0 Å². The highest BCUT2D eigenvalue weighted by Crippen LogP contribution is 2.34. The zero-order valence-electron chi connectivity index (χ0n) is 14.8. The number of amides is 2. The van der Waals surface area contributed by atoms with Crippen molar-refractivity contribution in [2.24, 2.45) is 0 Å². The summed E-state index contributed by atoms with van der Waals surface area (Å²) in [7, 11) is 0. The Kier molecular flexibility index (Phi) is 4.19. The van der Waals surface area contributed by atoms with Gasteiger partial charge in [0.15, 0.2) is 5.82 Å². The zero-order valence-corrected chi connectivity index (χ0v) is 14.8. The molecular weight excluding hydrogens is 318 g/mol. The molecule has 8 heteroatoms. The summed E-state index contributed by atoms with van der Waals surface area (Å²) in [6.07, 6.45) is 8.43.